The SMILES string of the molecule is [B-][NH+]1CCCC1. The van der Waals surface area contributed by atoms with Crippen molar-refractivity contribution in [3.05, 3.63) is 0 Å². The third kappa shape index (κ3) is 0.746. The largest absolute Gasteiger partial charge is 0.598 e. The molecule has 0 atom stereocenters. The van der Waals surface area contributed by atoms with Gasteiger partial charge in [-0.2, -0.15) is 0 Å². The minimum atomic E-state index is 1.18. The first-order valence-electron chi connectivity index (χ1n) is 2.50. The maximum Gasteiger partial charge on any atom is 0.0309 e. The summed E-state index contributed by atoms with van der Waals surface area (Å²) in [5.74, 6) is 0. The van der Waals surface area contributed by atoms with Crippen LogP contribution in [0.15, 0.2) is 0 Å². The van der Waals surface area contributed by atoms with Gasteiger partial charge in [0.1, 0.15) is 0 Å². The van der Waals surface area contributed by atoms with Crippen LogP contribution in [0.5, 0.6) is 0 Å². The predicted octanol–water partition coefficient (Wildman–Crippen LogP) is -1.25. The molecule has 1 saturated heterocycles. The first-order valence-corrected chi connectivity index (χ1v) is 2.50. The fourth-order valence-corrected chi connectivity index (χ4v) is 0.829. The fourth-order valence-electron chi connectivity index (χ4n) is 0.829. The Morgan fingerprint density at radius 2 is 1.67 bits per heavy atom. The third-order valence-corrected chi connectivity index (χ3v) is 1.25. The van der Waals surface area contributed by atoms with Gasteiger partial charge in [0.2, 0.25) is 0 Å². The second kappa shape index (κ2) is 1.65. The van der Waals surface area contributed by atoms with Crippen molar-refractivity contribution >= 4 is 7.98 Å². The Balaban J connectivity index is 2.18. The highest BCUT2D eigenvalue weighted by Crippen LogP contribution is 1.84. The molecular formula is C4H9BN. The second-order valence-corrected chi connectivity index (χ2v) is 1.87. The molecule has 0 spiro atoms. The standard InChI is InChI=1S/C4H9BN/c5-6-3-1-2-4-6/h6H,1-4H2. The molecule has 3 radical (unpaired) electrons. The van der Waals surface area contributed by atoms with Crippen molar-refractivity contribution in [2.24, 2.45) is 0 Å². The lowest BCUT2D eigenvalue weighted by molar-refractivity contribution is -0.762. The first kappa shape index (κ1) is 4.19. The molecule has 0 bridgehead atoms. The lowest BCUT2D eigenvalue weighted by atomic mass is 10.3. The van der Waals surface area contributed by atoms with Crippen molar-refractivity contribution in [3.8, 4) is 0 Å². The van der Waals surface area contributed by atoms with Gasteiger partial charge in [0.15, 0.2) is 0 Å². The van der Waals surface area contributed by atoms with Crippen LogP contribution in [0.25, 0.3) is 0 Å². The average molecular weight is 81.9 g/mol. The van der Waals surface area contributed by atoms with E-state index in [1.54, 1.807) is 0 Å². The molecule has 1 aliphatic rings. The van der Waals surface area contributed by atoms with Crippen LogP contribution >= 0.6 is 0 Å². The molecule has 33 valence electrons. The number of quaternary nitrogens is 1. The summed E-state index contributed by atoms with van der Waals surface area (Å²) in [5.41, 5.74) is 0. The van der Waals surface area contributed by atoms with Crippen molar-refractivity contribution in [1.29, 1.82) is 0 Å². The van der Waals surface area contributed by atoms with Crippen LogP contribution in [-0.2, 0) is 0 Å². The van der Waals surface area contributed by atoms with Crippen LogP contribution in [0.4, 0.5) is 0 Å². The van der Waals surface area contributed by atoms with Crippen molar-refractivity contribution < 1.29 is 4.81 Å². The summed E-state index contributed by atoms with van der Waals surface area (Å²) in [7, 11) is 5.45. The monoisotopic (exact) mass is 82.1 g/mol. The normalized spacial score (nSPS) is 25.5. The number of hydrogen-bond donors (Lipinski definition) is 1. The van der Waals surface area contributed by atoms with Crippen LogP contribution in [0.1, 0.15) is 12.8 Å². The van der Waals surface area contributed by atoms with E-state index in [1.165, 1.54) is 30.7 Å². The molecule has 0 aliphatic carbocycles. The Morgan fingerprint density at radius 1 is 1.17 bits per heavy atom. The maximum atomic E-state index is 5.45. The summed E-state index contributed by atoms with van der Waals surface area (Å²) in [6.07, 6.45) is 2.65. The zero-order valence-corrected chi connectivity index (χ0v) is 3.91. The van der Waals surface area contributed by atoms with Crippen LogP contribution in [0, 0.1) is 0 Å². The smallest absolute Gasteiger partial charge is 0.0309 e. The van der Waals surface area contributed by atoms with E-state index in [0.717, 1.165) is 0 Å². The van der Waals surface area contributed by atoms with Gasteiger partial charge in [-0.3, -0.25) is 0 Å². The minimum Gasteiger partial charge on any atom is -0.598 e. The summed E-state index contributed by atoms with van der Waals surface area (Å²) in [6, 6.07) is 0. The molecular weight excluding hydrogens is 72.9 g/mol. The van der Waals surface area contributed by atoms with Gasteiger partial charge < -0.3 is 4.81 Å². The van der Waals surface area contributed by atoms with Gasteiger partial charge >= 0.3 is 0 Å². The molecule has 0 aromatic carbocycles. The van der Waals surface area contributed by atoms with Crippen LogP contribution in [0.3, 0.4) is 0 Å². The lowest BCUT2D eigenvalue weighted by Crippen LogP contribution is -3.08. The molecule has 0 unspecified atom stereocenters. The van der Waals surface area contributed by atoms with E-state index in [1.807, 2.05) is 0 Å². The Hall–Kier alpha value is 0.0249. The molecule has 2 heteroatoms. The topological polar surface area (TPSA) is 4.44 Å². The van der Waals surface area contributed by atoms with E-state index in [0.29, 0.717) is 0 Å². The highest BCUT2D eigenvalue weighted by Gasteiger charge is 1.99. The maximum absolute atomic E-state index is 5.45. The summed E-state index contributed by atoms with van der Waals surface area (Å²) in [5, 5.41) is 0. The Labute approximate surface area is 39.8 Å². The van der Waals surface area contributed by atoms with E-state index in [9.17, 15) is 0 Å². The Bertz CT molecular complexity index is 40.8. The summed E-state index contributed by atoms with van der Waals surface area (Å²) in [6.45, 7) is 2.36. The van der Waals surface area contributed by atoms with E-state index in [4.69, 9.17) is 7.98 Å². The highest BCUT2D eigenvalue weighted by atomic mass is 15.0. The van der Waals surface area contributed by atoms with E-state index in [-0.39, 0.29) is 0 Å². The molecule has 6 heavy (non-hydrogen) atoms. The number of hydrogen-bond acceptors (Lipinski definition) is 0. The lowest BCUT2D eigenvalue weighted by Gasteiger charge is -2.17. The highest BCUT2D eigenvalue weighted by molar-refractivity contribution is 5.95. The molecule has 0 amide bonds. The minimum absolute atomic E-state index is 1.18. The zero-order chi connectivity index (χ0) is 4.41. The molecule has 1 fully saturated rings. The first-order chi connectivity index (χ1) is 2.89. The average Bonchev–Trinajstić information content (AvgIpc) is 1.86. The number of rotatable bonds is 0. The number of nitrogens with one attached hydrogen (secondary N) is 1. The van der Waals surface area contributed by atoms with Crippen molar-refractivity contribution in [1.82, 2.24) is 0 Å². The Morgan fingerprint density at radius 3 is 1.83 bits per heavy atom. The summed E-state index contributed by atoms with van der Waals surface area (Å²) in [4.78, 5) is 1.20. The molecule has 1 rings (SSSR count). The summed E-state index contributed by atoms with van der Waals surface area (Å²) >= 11 is 0. The van der Waals surface area contributed by atoms with E-state index < -0.39 is 0 Å². The fraction of sp³-hybridized carbons (Fsp3) is 1.00. The third-order valence-electron chi connectivity index (χ3n) is 1.25. The van der Waals surface area contributed by atoms with Gasteiger partial charge in [-0.05, 0) is 12.8 Å². The van der Waals surface area contributed by atoms with Gasteiger partial charge in [-0.15, -0.1) is 0 Å². The quantitative estimate of drug-likeness (QED) is 0.348. The molecule has 1 aliphatic heterocycles. The zero-order valence-electron chi connectivity index (χ0n) is 3.91. The molecule has 0 aromatic rings. The van der Waals surface area contributed by atoms with Crippen LogP contribution < -0.4 is 4.81 Å². The predicted molar refractivity (Wildman–Crippen MR) is 25.7 cm³/mol. The molecule has 0 saturated carbocycles. The molecule has 1 N–H and O–H groups in total. The van der Waals surface area contributed by atoms with Gasteiger partial charge in [-0.25, -0.2) is 7.98 Å². The van der Waals surface area contributed by atoms with E-state index in [2.05, 4.69) is 0 Å². The van der Waals surface area contributed by atoms with Crippen LogP contribution in [-0.4, -0.2) is 21.1 Å². The van der Waals surface area contributed by atoms with Gasteiger partial charge in [0.05, 0.1) is 0 Å². The van der Waals surface area contributed by atoms with Gasteiger partial charge in [0.25, 0.3) is 0 Å². The molecule has 1 nitrogen and oxygen atoms in total. The van der Waals surface area contributed by atoms with Crippen molar-refractivity contribution in [2.75, 3.05) is 13.1 Å². The molecule has 0 aromatic heterocycles. The Kier molecular flexibility index (Phi) is 1.15. The molecule has 1 heterocycles. The van der Waals surface area contributed by atoms with Crippen molar-refractivity contribution in [2.45, 2.75) is 12.8 Å². The second-order valence-electron chi connectivity index (χ2n) is 1.87. The van der Waals surface area contributed by atoms with E-state index >= 15 is 0 Å². The summed E-state index contributed by atoms with van der Waals surface area (Å²) < 4.78 is 0. The van der Waals surface area contributed by atoms with Crippen LogP contribution in [0.2, 0.25) is 0 Å². The van der Waals surface area contributed by atoms with Gasteiger partial charge in [-0.1, -0.05) is 0 Å². The van der Waals surface area contributed by atoms with Crippen molar-refractivity contribution in [3.63, 3.8) is 0 Å². The van der Waals surface area contributed by atoms with Gasteiger partial charge in [0, 0.05) is 13.1 Å².